The second-order valence-corrected chi connectivity index (χ2v) is 11.7. The predicted octanol–water partition coefficient (Wildman–Crippen LogP) is 5.76. The van der Waals surface area contributed by atoms with E-state index in [9.17, 15) is 14.7 Å². The van der Waals surface area contributed by atoms with Gasteiger partial charge in [-0.2, -0.15) is 0 Å². The molecule has 8 heteroatoms. The zero-order valence-corrected chi connectivity index (χ0v) is 23.5. The van der Waals surface area contributed by atoms with Crippen LogP contribution < -0.4 is 4.74 Å². The fourth-order valence-electron chi connectivity index (χ4n) is 5.49. The monoisotopic (exact) mass is 536 g/mol. The molecule has 1 aliphatic heterocycles. The Labute approximate surface area is 228 Å². The van der Waals surface area contributed by atoms with E-state index >= 15 is 0 Å². The summed E-state index contributed by atoms with van der Waals surface area (Å²) in [5.41, 5.74) is 0.532. The van der Waals surface area contributed by atoms with E-state index < -0.39 is 17.6 Å². The minimum atomic E-state index is -1.48. The first-order valence-corrected chi connectivity index (χ1v) is 13.8. The Bertz CT molecular complexity index is 1260. The predicted molar refractivity (Wildman–Crippen MR) is 148 cm³/mol. The summed E-state index contributed by atoms with van der Waals surface area (Å²) in [4.78, 5) is 33.8. The van der Waals surface area contributed by atoms with Crippen molar-refractivity contribution < 1.29 is 24.2 Å². The lowest BCUT2D eigenvalue weighted by molar-refractivity contribution is -0.149. The van der Waals surface area contributed by atoms with Crippen LogP contribution in [0.1, 0.15) is 66.7 Å². The lowest BCUT2D eigenvalue weighted by Gasteiger charge is -2.38. The maximum Gasteiger partial charge on any atom is 0.330 e. The van der Waals surface area contributed by atoms with Crippen LogP contribution >= 0.6 is 11.3 Å². The summed E-state index contributed by atoms with van der Waals surface area (Å²) in [6.45, 7) is 8.99. The Morgan fingerprint density at radius 1 is 1.18 bits per heavy atom. The van der Waals surface area contributed by atoms with Gasteiger partial charge in [0.25, 0.3) is 5.91 Å². The topological polar surface area (TPSA) is 89.0 Å². The van der Waals surface area contributed by atoms with E-state index in [0.717, 1.165) is 11.1 Å². The Morgan fingerprint density at radius 3 is 2.50 bits per heavy atom. The lowest BCUT2D eigenvalue weighted by Crippen LogP contribution is -2.55. The third-order valence-corrected chi connectivity index (χ3v) is 8.09. The molecular weight excluding hydrogens is 500 g/mol. The summed E-state index contributed by atoms with van der Waals surface area (Å²) in [5.74, 6) is -1.03. The molecule has 1 N–H and O–H groups in total. The van der Waals surface area contributed by atoms with E-state index in [1.807, 2.05) is 48.7 Å². The number of carboxylic acids is 1. The molecule has 1 aliphatic rings. The molecule has 4 rings (SSSR count). The van der Waals surface area contributed by atoms with Crippen molar-refractivity contribution >= 4 is 23.2 Å². The molecule has 202 valence electrons. The van der Waals surface area contributed by atoms with E-state index in [-0.39, 0.29) is 30.1 Å². The third kappa shape index (κ3) is 5.33. The standard InChI is InChI=1S/C30H36N2O5S/c1-6-37-19-22-18-30(28(34)35,17-20-10-8-7-9-11-20)32(25(22)26-31-14-15-38-26)27(33)21-12-13-23(29(2,3)4)24(16-21)36-5/h7-16,22,25H,6,17-19H2,1-5H3,(H,34,35)/t22-,25+,30-/m0/s1. The van der Waals surface area contributed by atoms with Gasteiger partial charge in [0.15, 0.2) is 0 Å². The number of methoxy groups -OCH3 is 1. The van der Waals surface area contributed by atoms with Gasteiger partial charge in [-0.1, -0.05) is 57.2 Å². The molecule has 0 bridgehead atoms. The van der Waals surface area contributed by atoms with Crippen LogP contribution in [-0.2, 0) is 21.4 Å². The molecule has 0 unspecified atom stereocenters. The number of nitrogens with zero attached hydrogens (tertiary/aromatic N) is 2. The average molecular weight is 537 g/mol. The highest BCUT2D eigenvalue weighted by Crippen LogP contribution is 2.50. The number of aliphatic carboxylic acids is 1. The average Bonchev–Trinajstić information content (AvgIpc) is 3.53. The molecule has 38 heavy (non-hydrogen) atoms. The van der Waals surface area contributed by atoms with Crippen LogP contribution in [0.5, 0.6) is 5.75 Å². The summed E-state index contributed by atoms with van der Waals surface area (Å²) in [6, 6.07) is 14.3. The minimum absolute atomic E-state index is 0.177. The first-order chi connectivity index (χ1) is 18.1. The number of hydrogen-bond acceptors (Lipinski definition) is 6. The van der Waals surface area contributed by atoms with E-state index in [2.05, 4.69) is 25.8 Å². The summed E-state index contributed by atoms with van der Waals surface area (Å²) in [7, 11) is 1.59. The number of rotatable bonds is 9. The Kier molecular flexibility index (Phi) is 8.23. The van der Waals surface area contributed by atoms with Crippen molar-refractivity contribution in [2.24, 2.45) is 5.92 Å². The molecule has 3 aromatic rings. The number of likely N-dealkylation sites (tertiary alicyclic amines) is 1. The van der Waals surface area contributed by atoms with Gasteiger partial charge in [-0.15, -0.1) is 11.3 Å². The zero-order valence-electron chi connectivity index (χ0n) is 22.6. The second kappa shape index (κ2) is 11.3. The summed E-state index contributed by atoms with van der Waals surface area (Å²) in [6.07, 6.45) is 2.13. The number of thiazole rings is 1. The van der Waals surface area contributed by atoms with Crippen molar-refractivity contribution in [1.82, 2.24) is 9.88 Å². The molecule has 3 atom stereocenters. The quantitative estimate of drug-likeness (QED) is 0.374. The second-order valence-electron chi connectivity index (χ2n) is 10.8. The maximum atomic E-state index is 14.5. The molecular formula is C30H36N2O5S. The number of carbonyl (C=O) groups excluding carboxylic acids is 1. The summed E-state index contributed by atoms with van der Waals surface area (Å²) >= 11 is 1.43. The Morgan fingerprint density at radius 2 is 1.92 bits per heavy atom. The van der Waals surface area contributed by atoms with Crippen LogP contribution in [0.2, 0.25) is 0 Å². The number of carboxylic acid groups (broad SMARTS) is 1. The number of ether oxygens (including phenoxy) is 2. The Balaban J connectivity index is 1.89. The molecule has 2 heterocycles. The van der Waals surface area contributed by atoms with E-state index in [1.165, 1.54) is 11.3 Å². The summed E-state index contributed by atoms with van der Waals surface area (Å²) < 4.78 is 11.5. The number of hydrogen-bond donors (Lipinski definition) is 1. The smallest absolute Gasteiger partial charge is 0.330 e. The minimum Gasteiger partial charge on any atom is -0.496 e. The normalized spacial score (nSPS) is 21.4. The molecule has 7 nitrogen and oxygen atoms in total. The number of aromatic nitrogens is 1. The molecule has 2 aromatic carbocycles. The van der Waals surface area contributed by atoms with E-state index in [4.69, 9.17) is 9.47 Å². The van der Waals surface area contributed by atoms with Crippen molar-refractivity contribution in [3.63, 3.8) is 0 Å². The van der Waals surface area contributed by atoms with Crippen LogP contribution in [-0.4, -0.2) is 52.7 Å². The van der Waals surface area contributed by atoms with E-state index in [0.29, 0.717) is 29.5 Å². The molecule has 0 spiro atoms. The van der Waals surface area contributed by atoms with Gasteiger partial charge in [0, 0.05) is 36.1 Å². The first-order valence-electron chi connectivity index (χ1n) is 12.9. The van der Waals surface area contributed by atoms with Gasteiger partial charge in [-0.05, 0) is 42.0 Å². The highest BCUT2D eigenvalue weighted by atomic mass is 32.1. The number of amides is 1. The highest BCUT2D eigenvalue weighted by Gasteiger charge is 2.59. The van der Waals surface area contributed by atoms with Crippen LogP contribution in [0.4, 0.5) is 0 Å². The van der Waals surface area contributed by atoms with Crippen molar-refractivity contribution in [2.45, 2.75) is 57.5 Å². The maximum absolute atomic E-state index is 14.5. The molecule has 1 aromatic heterocycles. The van der Waals surface area contributed by atoms with Gasteiger partial charge in [-0.3, -0.25) is 4.79 Å². The van der Waals surface area contributed by atoms with Gasteiger partial charge in [0.1, 0.15) is 16.3 Å². The van der Waals surface area contributed by atoms with Crippen LogP contribution in [0, 0.1) is 5.92 Å². The fraction of sp³-hybridized carbons (Fsp3) is 0.433. The van der Waals surface area contributed by atoms with Crippen LogP contribution in [0.3, 0.4) is 0 Å². The van der Waals surface area contributed by atoms with Crippen molar-refractivity contribution in [3.05, 3.63) is 81.8 Å². The van der Waals surface area contributed by atoms with Crippen molar-refractivity contribution in [1.29, 1.82) is 0 Å². The third-order valence-electron chi connectivity index (χ3n) is 7.24. The summed E-state index contributed by atoms with van der Waals surface area (Å²) in [5, 5.41) is 13.4. The number of carbonyl (C=O) groups is 2. The van der Waals surface area contributed by atoms with E-state index in [1.54, 1.807) is 30.3 Å². The Hall–Kier alpha value is -3.23. The van der Waals surface area contributed by atoms with Gasteiger partial charge in [0.05, 0.1) is 19.8 Å². The van der Waals surface area contributed by atoms with Crippen molar-refractivity contribution in [2.75, 3.05) is 20.3 Å². The SMILES string of the molecule is CCOC[C@@H]1C[C@@](Cc2ccccc2)(C(=O)O)N(C(=O)c2ccc(C(C)(C)C)c(OC)c2)[C@H]1c1nccs1. The zero-order chi connectivity index (χ0) is 27.5. The van der Waals surface area contributed by atoms with Gasteiger partial charge in [0.2, 0.25) is 0 Å². The molecule has 0 aliphatic carbocycles. The van der Waals surface area contributed by atoms with Gasteiger partial charge < -0.3 is 19.5 Å². The van der Waals surface area contributed by atoms with Crippen LogP contribution in [0.15, 0.2) is 60.1 Å². The lowest BCUT2D eigenvalue weighted by atomic mass is 9.84. The highest BCUT2D eigenvalue weighted by molar-refractivity contribution is 7.09. The molecule has 1 fully saturated rings. The molecule has 1 saturated heterocycles. The van der Waals surface area contributed by atoms with Crippen LogP contribution in [0.25, 0.3) is 0 Å². The number of benzene rings is 2. The fourth-order valence-corrected chi connectivity index (χ4v) is 6.31. The first kappa shape index (κ1) is 27.8. The molecule has 0 saturated carbocycles. The van der Waals surface area contributed by atoms with Gasteiger partial charge >= 0.3 is 5.97 Å². The van der Waals surface area contributed by atoms with Crippen molar-refractivity contribution in [3.8, 4) is 5.75 Å². The van der Waals surface area contributed by atoms with Gasteiger partial charge in [-0.25, -0.2) is 9.78 Å². The molecule has 0 radical (unpaired) electrons. The molecule has 1 amide bonds. The largest absolute Gasteiger partial charge is 0.496 e.